The molecule has 0 fully saturated rings. The predicted molar refractivity (Wildman–Crippen MR) is 96.5 cm³/mol. The van der Waals surface area contributed by atoms with E-state index in [9.17, 15) is 4.39 Å². The third-order valence-electron chi connectivity index (χ3n) is 4.25. The van der Waals surface area contributed by atoms with Gasteiger partial charge in [0.25, 0.3) is 0 Å². The van der Waals surface area contributed by atoms with E-state index in [0.717, 1.165) is 5.56 Å². The molecular formula is C22H16FNO3. The molecule has 0 saturated heterocycles. The highest BCUT2D eigenvalue weighted by atomic mass is 19.1. The van der Waals surface area contributed by atoms with E-state index in [1.807, 2.05) is 30.3 Å². The molecule has 27 heavy (non-hydrogen) atoms. The van der Waals surface area contributed by atoms with E-state index in [-0.39, 0.29) is 19.0 Å². The summed E-state index contributed by atoms with van der Waals surface area (Å²) in [6.07, 6.45) is -0.551. The fraction of sp³-hybridized carbons (Fsp3) is 0.136. The maximum Gasteiger partial charge on any atom is 0.227 e. The molecule has 0 saturated carbocycles. The van der Waals surface area contributed by atoms with Gasteiger partial charge in [-0.25, -0.2) is 4.39 Å². The van der Waals surface area contributed by atoms with Crippen molar-refractivity contribution in [1.82, 2.24) is 0 Å². The Morgan fingerprint density at radius 3 is 2.74 bits per heavy atom. The average Bonchev–Trinajstić information content (AvgIpc) is 2.72. The lowest BCUT2D eigenvalue weighted by atomic mass is 10.1. The Kier molecular flexibility index (Phi) is 4.73. The summed E-state index contributed by atoms with van der Waals surface area (Å²) in [5.74, 6) is 0.746. The monoisotopic (exact) mass is 361 g/mol. The van der Waals surface area contributed by atoms with Crippen LogP contribution in [-0.2, 0) is 18.0 Å². The minimum Gasteiger partial charge on any atom is -0.489 e. The van der Waals surface area contributed by atoms with Crippen LogP contribution in [0.4, 0.5) is 4.39 Å². The summed E-state index contributed by atoms with van der Waals surface area (Å²) in [6.45, 7) is 0.375. The fourth-order valence-electron chi connectivity index (χ4n) is 2.98. The molecule has 4 rings (SSSR count). The predicted octanol–water partition coefficient (Wildman–Crippen LogP) is 4.88. The summed E-state index contributed by atoms with van der Waals surface area (Å²) in [5.41, 5.74) is 2.63. The molecule has 0 aromatic heterocycles. The van der Waals surface area contributed by atoms with Crippen LogP contribution in [0.15, 0.2) is 66.7 Å². The van der Waals surface area contributed by atoms with Gasteiger partial charge in [-0.15, -0.1) is 0 Å². The maximum absolute atomic E-state index is 14.0. The van der Waals surface area contributed by atoms with Crippen LogP contribution >= 0.6 is 0 Å². The zero-order valence-electron chi connectivity index (χ0n) is 14.4. The number of hydrogen-bond donors (Lipinski definition) is 0. The molecule has 1 heterocycles. The molecule has 134 valence electrons. The Labute approximate surface area is 156 Å². The lowest BCUT2D eigenvalue weighted by Crippen LogP contribution is -2.19. The molecule has 1 aliphatic rings. The van der Waals surface area contributed by atoms with Crippen molar-refractivity contribution >= 4 is 0 Å². The van der Waals surface area contributed by atoms with Crippen LogP contribution in [0, 0.1) is 17.1 Å². The van der Waals surface area contributed by atoms with E-state index in [1.54, 1.807) is 24.3 Å². The number of nitrogens with zero attached hydrogens (tertiary/aromatic N) is 1. The standard InChI is InChI=1S/C22H16FNO3/c23-19-10-17(13-25-20-8-4-5-15(9-20)12-24)21-18(11-19)14-26-22(27-21)16-6-2-1-3-7-16/h1-11,22H,13-14H2/t22-/m1/s1. The zero-order chi connectivity index (χ0) is 18.6. The molecule has 5 heteroatoms. The molecule has 1 atom stereocenters. The number of hydrogen-bond acceptors (Lipinski definition) is 4. The summed E-state index contributed by atoms with van der Waals surface area (Å²) in [4.78, 5) is 0. The topological polar surface area (TPSA) is 51.5 Å². The Hall–Kier alpha value is -3.36. The fourth-order valence-corrected chi connectivity index (χ4v) is 2.98. The second-order valence-corrected chi connectivity index (χ2v) is 6.15. The Morgan fingerprint density at radius 2 is 1.93 bits per heavy atom. The molecule has 3 aromatic rings. The van der Waals surface area contributed by atoms with Gasteiger partial charge in [0, 0.05) is 16.7 Å². The molecule has 4 nitrogen and oxygen atoms in total. The van der Waals surface area contributed by atoms with Crippen molar-refractivity contribution in [2.45, 2.75) is 19.5 Å². The summed E-state index contributed by atoms with van der Waals surface area (Å²) < 4.78 is 31.5. The number of benzene rings is 3. The number of fused-ring (bicyclic) bond motifs is 1. The minimum absolute atomic E-state index is 0.122. The van der Waals surface area contributed by atoms with Gasteiger partial charge >= 0.3 is 0 Å². The van der Waals surface area contributed by atoms with E-state index >= 15 is 0 Å². The van der Waals surface area contributed by atoms with Gasteiger partial charge in [0.2, 0.25) is 6.29 Å². The zero-order valence-corrected chi connectivity index (χ0v) is 14.4. The Balaban J connectivity index is 1.58. The van der Waals surface area contributed by atoms with Crippen molar-refractivity contribution in [2.24, 2.45) is 0 Å². The van der Waals surface area contributed by atoms with E-state index in [1.165, 1.54) is 12.1 Å². The van der Waals surface area contributed by atoms with Crippen LogP contribution in [0.5, 0.6) is 11.5 Å². The van der Waals surface area contributed by atoms with Gasteiger partial charge in [0.15, 0.2) is 0 Å². The summed E-state index contributed by atoms with van der Waals surface area (Å²) in [5, 5.41) is 8.99. The second-order valence-electron chi connectivity index (χ2n) is 6.15. The summed E-state index contributed by atoms with van der Waals surface area (Å²) >= 11 is 0. The van der Waals surface area contributed by atoms with Crippen molar-refractivity contribution in [1.29, 1.82) is 5.26 Å². The third kappa shape index (κ3) is 3.76. The van der Waals surface area contributed by atoms with Gasteiger partial charge in [-0.2, -0.15) is 5.26 Å². The molecule has 0 aliphatic carbocycles. The first-order valence-electron chi connectivity index (χ1n) is 8.50. The highest BCUT2D eigenvalue weighted by molar-refractivity contribution is 5.43. The highest BCUT2D eigenvalue weighted by Gasteiger charge is 2.25. The molecule has 0 amide bonds. The first-order valence-corrected chi connectivity index (χ1v) is 8.50. The quantitative estimate of drug-likeness (QED) is 0.664. The lowest BCUT2D eigenvalue weighted by molar-refractivity contribution is -0.112. The summed E-state index contributed by atoms with van der Waals surface area (Å²) in [6, 6.07) is 21.3. The number of nitriles is 1. The van der Waals surface area contributed by atoms with Gasteiger partial charge < -0.3 is 14.2 Å². The molecule has 0 bridgehead atoms. The number of rotatable bonds is 4. The first kappa shape index (κ1) is 17.1. The largest absolute Gasteiger partial charge is 0.489 e. The highest BCUT2D eigenvalue weighted by Crippen LogP contribution is 2.37. The van der Waals surface area contributed by atoms with E-state index in [2.05, 4.69) is 6.07 Å². The van der Waals surface area contributed by atoms with Gasteiger partial charge in [-0.05, 0) is 30.3 Å². The van der Waals surface area contributed by atoms with Gasteiger partial charge in [-0.3, -0.25) is 0 Å². The Morgan fingerprint density at radius 1 is 1.07 bits per heavy atom. The van der Waals surface area contributed by atoms with Crippen molar-refractivity contribution in [3.63, 3.8) is 0 Å². The smallest absolute Gasteiger partial charge is 0.227 e. The molecular weight excluding hydrogens is 345 g/mol. The van der Waals surface area contributed by atoms with E-state index in [0.29, 0.717) is 28.2 Å². The lowest BCUT2D eigenvalue weighted by Gasteiger charge is -2.28. The Bertz CT molecular complexity index is 998. The van der Waals surface area contributed by atoms with Gasteiger partial charge in [0.05, 0.1) is 18.2 Å². The SMILES string of the molecule is N#Cc1cccc(OCc2cc(F)cc3c2O[C@H](c2ccccc2)OC3)c1. The third-order valence-corrected chi connectivity index (χ3v) is 4.25. The molecule has 0 unspecified atom stereocenters. The van der Waals surface area contributed by atoms with Crippen LogP contribution in [0.1, 0.15) is 28.5 Å². The van der Waals surface area contributed by atoms with E-state index in [4.69, 9.17) is 19.5 Å². The van der Waals surface area contributed by atoms with Crippen molar-refractivity contribution < 1.29 is 18.6 Å². The molecule has 1 aliphatic heterocycles. The van der Waals surface area contributed by atoms with Crippen LogP contribution in [0.3, 0.4) is 0 Å². The van der Waals surface area contributed by atoms with Gasteiger partial charge in [-0.1, -0.05) is 36.4 Å². The first-order chi connectivity index (χ1) is 13.2. The normalized spacial score (nSPS) is 15.3. The average molecular weight is 361 g/mol. The number of ether oxygens (including phenoxy) is 3. The van der Waals surface area contributed by atoms with Crippen LogP contribution in [0.25, 0.3) is 0 Å². The van der Waals surface area contributed by atoms with Gasteiger partial charge in [0.1, 0.15) is 23.9 Å². The van der Waals surface area contributed by atoms with Crippen molar-refractivity contribution in [3.8, 4) is 17.6 Å². The van der Waals surface area contributed by atoms with Crippen LogP contribution in [-0.4, -0.2) is 0 Å². The molecule has 3 aromatic carbocycles. The van der Waals surface area contributed by atoms with E-state index < -0.39 is 6.29 Å². The number of halogens is 1. The van der Waals surface area contributed by atoms with Crippen molar-refractivity contribution in [2.75, 3.05) is 0 Å². The summed E-state index contributed by atoms with van der Waals surface area (Å²) in [7, 11) is 0. The van der Waals surface area contributed by atoms with Crippen LogP contribution in [0.2, 0.25) is 0 Å². The molecule has 0 spiro atoms. The molecule has 0 radical (unpaired) electrons. The second kappa shape index (κ2) is 7.48. The van der Waals surface area contributed by atoms with Crippen molar-refractivity contribution in [3.05, 3.63) is 94.8 Å². The van der Waals surface area contributed by atoms with Crippen LogP contribution < -0.4 is 9.47 Å². The molecule has 0 N–H and O–H groups in total. The maximum atomic E-state index is 14.0. The minimum atomic E-state index is -0.551.